The van der Waals surface area contributed by atoms with Crippen molar-refractivity contribution in [3.05, 3.63) is 40.4 Å². The highest BCUT2D eigenvalue weighted by atomic mass is 79.9. The minimum Gasteiger partial charge on any atom is -0.245 e. The van der Waals surface area contributed by atoms with Crippen LogP contribution < -0.4 is 0 Å². The fourth-order valence-electron chi connectivity index (χ4n) is 1.28. The lowest BCUT2D eigenvalue weighted by Crippen LogP contribution is -1.88. The zero-order chi connectivity index (χ0) is 10.1. The van der Waals surface area contributed by atoms with E-state index in [1.54, 1.807) is 18.2 Å². The van der Waals surface area contributed by atoms with E-state index >= 15 is 0 Å². The van der Waals surface area contributed by atoms with Crippen LogP contribution in [-0.4, -0.2) is 4.98 Å². The van der Waals surface area contributed by atoms with Crippen LogP contribution in [0.2, 0.25) is 0 Å². The zero-order valence-electron chi connectivity index (χ0n) is 6.96. The molecule has 14 heavy (non-hydrogen) atoms. The molecule has 1 aromatic carbocycles. The van der Waals surface area contributed by atoms with E-state index in [0.29, 0.717) is 15.2 Å². The van der Waals surface area contributed by atoms with Crippen molar-refractivity contribution in [2.45, 2.75) is 0 Å². The van der Waals surface area contributed by atoms with Gasteiger partial charge < -0.3 is 0 Å². The minimum atomic E-state index is -0.360. The van der Waals surface area contributed by atoms with Gasteiger partial charge in [0.05, 0.1) is 4.47 Å². The smallest absolute Gasteiger partial charge is 0.148 e. The van der Waals surface area contributed by atoms with E-state index < -0.39 is 0 Å². The fraction of sp³-hybridized carbons (Fsp3) is 0. The third kappa shape index (κ3) is 1.26. The average Bonchev–Trinajstić information content (AvgIpc) is 2.23. The molecule has 0 aliphatic carbocycles. The predicted octanol–water partition coefficient (Wildman–Crippen LogP) is 3.01. The van der Waals surface area contributed by atoms with Crippen molar-refractivity contribution >= 4 is 26.7 Å². The Balaban J connectivity index is 2.95. The number of hydrogen-bond acceptors (Lipinski definition) is 2. The van der Waals surface area contributed by atoms with Gasteiger partial charge in [-0.05, 0) is 28.1 Å². The lowest BCUT2D eigenvalue weighted by atomic mass is 10.1. The Labute approximate surface area is 88.1 Å². The summed E-state index contributed by atoms with van der Waals surface area (Å²) in [5, 5.41) is 9.70. The number of fused-ring (bicyclic) bond motifs is 1. The van der Waals surface area contributed by atoms with Crippen molar-refractivity contribution in [1.82, 2.24) is 4.98 Å². The van der Waals surface area contributed by atoms with Crippen LogP contribution in [0.5, 0.6) is 0 Å². The van der Waals surface area contributed by atoms with Gasteiger partial charge in [0.2, 0.25) is 0 Å². The molecule has 0 atom stereocenters. The quantitative estimate of drug-likeness (QED) is 0.721. The van der Waals surface area contributed by atoms with Gasteiger partial charge in [-0.1, -0.05) is 6.07 Å². The van der Waals surface area contributed by atoms with E-state index in [1.807, 2.05) is 6.07 Å². The summed E-state index contributed by atoms with van der Waals surface area (Å²) in [4.78, 5) is 3.85. The summed E-state index contributed by atoms with van der Waals surface area (Å²) in [6.07, 6.45) is 1.43. The first-order valence-corrected chi connectivity index (χ1v) is 4.66. The normalized spacial score (nSPS) is 10.1. The Hall–Kier alpha value is -1.47. The maximum absolute atomic E-state index is 13.5. The molecule has 0 aliphatic rings. The molecule has 0 saturated carbocycles. The number of pyridine rings is 1. The molecule has 1 aromatic heterocycles. The SMILES string of the molecule is N#Cc1nccc2c(F)c(Br)ccc12. The number of hydrogen-bond donors (Lipinski definition) is 0. The van der Waals surface area contributed by atoms with Crippen LogP contribution in [0, 0.1) is 17.1 Å². The van der Waals surface area contributed by atoms with E-state index in [1.165, 1.54) is 6.20 Å². The largest absolute Gasteiger partial charge is 0.245 e. The maximum Gasteiger partial charge on any atom is 0.148 e. The molecule has 68 valence electrons. The van der Waals surface area contributed by atoms with Crippen LogP contribution in [-0.2, 0) is 0 Å². The predicted molar refractivity (Wildman–Crippen MR) is 54.1 cm³/mol. The van der Waals surface area contributed by atoms with Crippen molar-refractivity contribution in [2.75, 3.05) is 0 Å². The van der Waals surface area contributed by atoms with Crippen LogP contribution in [0.1, 0.15) is 5.69 Å². The number of nitriles is 1. The summed E-state index contributed by atoms with van der Waals surface area (Å²) in [7, 11) is 0. The number of benzene rings is 1. The third-order valence-corrected chi connectivity index (χ3v) is 2.55. The second kappa shape index (κ2) is 3.35. The van der Waals surface area contributed by atoms with Crippen molar-refractivity contribution in [2.24, 2.45) is 0 Å². The molecule has 0 amide bonds. The molecule has 0 saturated heterocycles. The van der Waals surface area contributed by atoms with E-state index in [0.717, 1.165) is 0 Å². The third-order valence-electron chi connectivity index (χ3n) is 1.94. The molecule has 0 unspecified atom stereocenters. The Bertz CT molecular complexity index is 546. The van der Waals surface area contributed by atoms with Gasteiger partial charge in [-0.2, -0.15) is 5.26 Å². The summed E-state index contributed by atoms with van der Waals surface area (Å²) >= 11 is 3.08. The topological polar surface area (TPSA) is 36.7 Å². The molecule has 2 rings (SSSR count). The maximum atomic E-state index is 13.5. The van der Waals surface area contributed by atoms with E-state index in [9.17, 15) is 4.39 Å². The minimum absolute atomic E-state index is 0.244. The Morgan fingerprint density at radius 3 is 2.79 bits per heavy atom. The first kappa shape index (κ1) is 9.10. The number of nitrogens with zero attached hydrogens (tertiary/aromatic N) is 2. The summed E-state index contributed by atoms with van der Waals surface area (Å²) in [5.74, 6) is -0.360. The van der Waals surface area contributed by atoms with Crippen LogP contribution in [0.25, 0.3) is 10.8 Å². The Kier molecular flexibility index (Phi) is 2.18. The average molecular weight is 251 g/mol. The molecule has 0 N–H and O–H groups in total. The molecule has 2 aromatic rings. The molecule has 0 bridgehead atoms. The van der Waals surface area contributed by atoms with Crippen LogP contribution in [0.3, 0.4) is 0 Å². The van der Waals surface area contributed by atoms with Gasteiger partial charge in [-0.15, -0.1) is 0 Å². The van der Waals surface area contributed by atoms with Crippen LogP contribution in [0.4, 0.5) is 4.39 Å². The standard InChI is InChI=1S/C10H4BrFN2/c11-8-2-1-6-7(10(8)12)3-4-14-9(6)5-13/h1-4H. The lowest BCUT2D eigenvalue weighted by Gasteiger charge is -2.01. The lowest BCUT2D eigenvalue weighted by molar-refractivity contribution is 0.633. The highest BCUT2D eigenvalue weighted by Gasteiger charge is 2.08. The monoisotopic (exact) mass is 250 g/mol. The number of aromatic nitrogens is 1. The summed E-state index contributed by atoms with van der Waals surface area (Å²) in [6, 6.07) is 6.72. The first-order chi connectivity index (χ1) is 6.74. The summed E-state index contributed by atoms with van der Waals surface area (Å²) < 4.78 is 13.9. The Morgan fingerprint density at radius 1 is 1.29 bits per heavy atom. The molecule has 0 fully saturated rings. The van der Waals surface area contributed by atoms with Crippen LogP contribution in [0.15, 0.2) is 28.9 Å². The van der Waals surface area contributed by atoms with Crippen molar-refractivity contribution in [3.63, 3.8) is 0 Å². The van der Waals surface area contributed by atoms with Gasteiger partial charge in [-0.25, -0.2) is 9.37 Å². The highest BCUT2D eigenvalue weighted by molar-refractivity contribution is 9.10. The van der Waals surface area contributed by atoms with Gasteiger partial charge in [0, 0.05) is 17.0 Å². The number of rotatable bonds is 0. The molecule has 0 spiro atoms. The van der Waals surface area contributed by atoms with E-state index in [4.69, 9.17) is 5.26 Å². The fourth-order valence-corrected chi connectivity index (χ4v) is 1.63. The number of halogens is 2. The highest BCUT2D eigenvalue weighted by Crippen LogP contribution is 2.25. The van der Waals surface area contributed by atoms with Gasteiger partial charge in [0.25, 0.3) is 0 Å². The Morgan fingerprint density at radius 2 is 2.07 bits per heavy atom. The second-order valence-electron chi connectivity index (χ2n) is 2.73. The van der Waals surface area contributed by atoms with Gasteiger partial charge in [0.1, 0.15) is 17.6 Å². The zero-order valence-corrected chi connectivity index (χ0v) is 8.55. The van der Waals surface area contributed by atoms with Gasteiger partial charge in [0.15, 0.2) is 0 Å². The van der Waals surface area contributed by atoms with Crippen molar-refractivity contribution in [3.8, 4) is 6.07 Å². The summed E-state index contributed by atoms with van der Waals surface area (Å²) in [6.45, 7) is 0. The van der Waals surface area contributed by atoms with Gasteiger partial charge in [-0.3, -0.25) is 0 Å². The second-order valence-corrected chi connectivity index (χ2v) is 3.58. The van der Waals surface area contributed by atoms with E-state index in [-0.39, 0.29) is 11.5 Å². The van der Waals surface area contributed by atoms with Crippen LogP contribution >= 0.6 is 15.9 Å². The first-order valence-electron chi connectivity index (χ1n) is 3.87. The van der Waals surface area contributed by atoms with Gasteiger partial charge >= 0.3 is 0 Å². The summed E-state index contributed by atoms with van der Waals surface area (Å²) in [5.41, 5.74) is 0.244. The molecular formula is C10H4BrFN2. The van der Waals surface area contributed by atoms with E-state index in [2.05, 4.69) is 20.9 Å². The van der Waals surface area contributed by atoms with Crippen molar-refractivity contribution < 1.29 is 4.39 Å². The molecule has 0 aliphatic heterocycles. The molecule has 0 radical (unpaired) electrons. The molecule has 2 nitrogen and oxygen atoms in total. The molecule has 4 heteroatoms. The van der Waals surface area contributed by atoms with Crippen molar-refractivity contribution in [1.29, 1.82) is 5.26 Å². The molecular weight excluding hydrogens is 247 g/mol. The molecule has 1 heterocycles.